The van der Waals surface area contributed by atoms with E-state index in [-0.39, 0.29) is 24.5 Å². The Balaban J connectivity index is 1.41. The van der Waals surface area contributed by atoms with Crippen LogP contribution >= 0.6 is 0 Å². The van der Waals surface area contributed by atoms with E-state index in [0.717, 1.165) is 17.8 Å². The van der Waals surface area contributed by atoms with Crippen molar-refractivity contribution in [1.82, 2.24) is 10.3 Å². The molecule has 1 aromatic carbocycles. The SMILES string of the molecule is CC(=O)N[C@@H](C)/C=C/c1ccc(Oc2ccc3c(c2)OCC(=O)N3CC2CC2)nc1. The van der Waals surface area contributed by atoms with Gasteiger partial charge in [-0.2, -0.15) is 0 Å². The Morgan fingerprint density at radius 1 is 1.37 bits per heavy atom. The predicted octanol–water partition coefficient (Wildman–Crippen LogP) is 3.55. The van der Waals surface area contributed by atoms with E-state index in [9.17, 15) is 9.59 Å². The first-order chi connectivity index (χ1) is 14.5. The molecular weight excluding hydrogens is 382 g/mol. The number of hydrogen-bond acceptors (Lipinski definition) is 5. The second kappa shape index (κ2) is 8.57. The van der Waals surface area contributed by atoms with E-state index in [4.69, 9.17) is 9.47 Å². The van der Waals surface area contributed by atoms with E-state index in [1.54, 1.807) is 18.3 Å². The zero-order valence-corrected chi connectivity index (χ0v) is 17.1. The molecule has 1 aliphatic carbocycles. The molecule has 1 atom stereocenters. The number of ether oxygens (including phenoxy) is 2. The number of carbonyl (C=O) groups excluding carboxylic acids is 2. The first kappa shape index (κ1) is 19.9. The summed E-state index contributed by atoms with van der Waals surface area (Å²) >= 11 is 0. The van der Waals surface area contributed by atoms with E-state index in [2.05, 4.69) is 10.3 Å². The topological polar surface area (TPSA) is 80.8 Å². The molecule has 7 heteroatoms. The molecule has 2 aliphatic rings. The van der Waals surface area contributed by atoms with Gasteiger partial charge < -0.3 is 19.7 Å². The van der Waals surface area contributed by atoms with Crippen LogP contribution in [-0.4, -0.2) is 36.0 Å². The summed E-state index contributed by atoms with van der Waals surface area (Å²) in [7, 11) is 0. The number of benzene rings is 1. The van der Waals surface area contributed by atoms with E-state index in [1.165, 1.54) is 19.8 Å². The number of amides is 2. The second-order valence-corrected chi connectivity index (χ2v) is 7.75. The van der Waals surface area contributed by atoms with Crippen LogP contribution in [0.1, 0.15) is 32.3 Å². The zero-order valence-electron chi connectivity index (χ0n) is 17.1. The minimum Gasteiger partial charge on any atom is -0.481 e. The van der Waals surface area contributed by atoms with Crippen LogP contribution in [-0.2, 0) is 9.59 Å². The number of nitrogens with one attached hydrogen (secondary N) is 1. The van der Waals surface area contributed by atoms with Crippen molar-refractivity contribution in [3.63, 3.8) is 0 Å². The van der Waals surface area contributed by atoms with Crippen molar-refractivity contribution < 1.29 is 19.1 Å². The van der Waals surface area contributed by atoms with Crippen LogP contribution in [0.3, 0.4) is 0 Å². The molecule has 30 heavy (non-hydrogen) atoms. The third kappa shape index (κ3) is 4.97. The summed E-state index contributed by atoms with van der Waals surface area (Å²) in [5.41, 5.74) is 1.70. The van der Waals surface area contributed by atoms with Gasteiger partial charge in [0.25, 0.3) is 5.91 Å². The largest absolute Gasteiger partial charge is 0.481 e. The molecular formula is C23H25N3O4. The van der Waals surface area contributed by atoms with Crippen LogP contribution < -0.4 is 19.7 Å². The highest BCUT2D eigenvalue weighted by Crippen LogP contribution is 2.39. The second-order valence-electron chi connectivity index (χ2n) is 7.75. The lowest BCUT2D eigenvalue weighted by molar-refractivity contribution is -0.121. The van der Waals surface area contributed by atoms with E-state index < -0.39 is 0 Å². The summed E-state index contributed by atoms with van der Waals surface area (Å²) < 4.78 is 11.5. The minimum absolute atomic E-state index is 0.00111. The fourth-order valence-corrected chi connectivity index (χ4v) is 3.30. The van der Waals surface area contributed by atoms with Crippen LogP contribution in [0, 0.1) is 5.92 Å². The smallest absolute Gasteiger partial charge is 0.265 e. The number of hydrogen-bond donors (Lipinski definition) is 1. The molecule has 0 radical (unpaired) electrons. The quantitative estimate of drug-likeness (QED) is 0.759. The molecule has 2 aromatic rings. The molecule has 0 unspecified atom stereocenters. The molecule has 2 heterocycles. The Labute approximate surface area is 175 Å². The van der Waals surface area contributed by atoms with Crippen molar-refractivity contribution in [2.24, 2.45) is 5.92 Å². The summed E-state index contributed by atoms with van der Waals surface area (Å²) in [6.07, 6.45) is 7.87. The van der Waals surface area contributed by atoms with Gasteiger partial charge in [0.1, 0.15) is 11.5 Å². The van der Waals surface area contributed by atoms with Crippen molar-refractivity contribution >= 4 is 23.6 Å². The van der Waals surface area contributed by atoms with Gasteiger partial charge in [0.15, 0.2) is 6.61 Å². The maximum atomic E-state index is 12.2. The van der Waals surface area contributed by atoms with Gasteiger partial charge in [0.2, 0.25) is 11.8 Å². The van der Waals surface area contributed by atoms with Crippen molar-refractivity contribution in [3.05, 3.63) is 48.2 Å². The number of anilines is 1. The Kier molecular flexibility index (Phi) is 5.70. The maximum Gasteiger partial charge on any atom is 0.265 e. The molecule has 2 amide bonds. The molecule has 1 aliphatic heterocycles. The van der Waals surface area contributed by atoms with Gasteiger partial charge in [-0.15, -0.1) is 0 Å². The average molecular weight is 407 g/mol. The summed E-state index contributed by atoms with van der Waals surface area (Å²) in [5.74, 6) is 2.26. The van der Waals surface area contributed by atoms with E-state index in [1.807, 2.05) is 42.2 Å². The van der Waals surface area contributed by atoms with Crippen molar-refractivity contribution in [1.29, 1.82) is 0 Å². The lowest BCUT2D eigenvalue weighted by atomic mass is 10.2. The normalized spacial score (nSPS) is 16.7. The summed E-state index contributed by atoms with van der Waals surface area (Å²) in [6.45, 7) is 4.21. The van der Waals surface area contributed by atoms with Gasteiger partial charge >= 0.3 is 0 Å². The number of carbonyl (C=O) groups is 2. The molecule has 1 saturated carbocycles. The highest BCUT2D eigenvalue weighted by atomic mass is 16.5. The molecule has 1 N–H and O–H groups in total. The summed E-state index contributed by atoms with van der Waals surface area (Å²) in [4.78, 5) is 29.4. The van der Waals surface area contributed by atoms with Gasteiger partial charge in [-0.3, -0.25) is 9.59 Å². The number of pyridine rings is 1. The monoisotopic (exact) mass is 407 g/mol. The van der Waals surface area contributed by atoms with E-state index in [0.29, 0.717) is 23.3 Å². The van der Waals surface area contributed by atoms with Gasteiger partial charge in [0.05, 0.1) is 5.69 Å². The van der Waals surface area contributed by atoms with Crippen LogP contribution in [0.25, 0.3) is 6.08 Å². The Morgan fingerprint density at radius 2 is 2.20 bits per heavy atom. The highest BCUT2D eigenvalue weighted by Gasteiger charge is 2.32. The first-order valence-corrected chi connectivity index (χ1v) is 10.1. The number of rotatable bonds is 7. The van der Waals surface area contributed by atoms with Gasteiger partial charge in [-0.1, -0.05) is 12.2 Å². The van der Waals surface area contributed by atoms with Crippen LogP contribution in [0.2, 0.25) is 0 Å². The highest BCUT2D eigenvalue weighted by molar-refractivity contribution is 5.98. The fourth-order valence-electron chi connectivity index (χ4n) is 3.30. The predicted molar refractivity (Wildman–Crippen MR) is 114 cm³/mol. The standard InChI is InChI=1S/C23H25N3O4/c1-15(25-16(2)27)3-4-17-7-10-22(24-12-17)30-19-8-9-20-21(11-19)29-14-23(28)26(20)13-18-5-6-18/h3-4,7-12,15,18H,5-6,13-14H2,1-2H3,(H,25,27)/b4-3+/t15-/m0/s1. The molecule has 1 fully saturated rings. The number of fused-ring (bicyclic) bond motifs is 1. The van der Waals surface area contributed by atoms with Gasteiger partial charge in [-0.25, -0.2) is 4.98 Å². The molecule has 7 nitrogen and oxygen atoms in total. The Bertz CT molecular complexity index is 967. The minimum atomic E-state index is -0.0666. The molecule has 4 rings (SSSR count). The molecule has 156 valence electrons. The van der Waals surface area contributed by atoms with Crippen molar-refractivity contribution in [2.45, 2.75) is 32.7 Å². The van der Waals surface area contributed by atoms with Crippen LogP contribution in [0.5, 0.6) is 17.4 Å². The summed E-state index contributed by atoms with van der Waals surface area (Å²) in [6, 6.07) is 9.11. The van der Waals surface area contributed by atoms with Crippen molar-refractivity contribution in [3.8, 4) is 17.4 Å². The molecule has 0 saturated heterocycles. The number of nitrogens with zero attached hydrogens (tertiary/aromatic N) is 2. The van der Waals surface area contributed by atoms with Gasteiger partial charge in [-0.05, 0) is 49.4 Å². The van der Waals surface area contributed by atoms with Crippen molar-refractivity contribution in [2.75, 3.05) is 18.1 Å². The Morgan fingerprint density at radius 3 is 2.90 bits per heavy atom. The first-order valence-electron chi connectivity index (χ1n) is 10.1. The third-order valence-electron chi connectivity index (χ3n) is 5.00. The Hall–Kier alpha value is -3.35. The lowest BCUT2D eigenvalue weighted by Gasteiger charge is -2.29. The summed E-state index contributed by atoms with van der Waals surface area (Å²) in [5, 5.41) is 2.79. The maximum absolute atomic E-state index is 12.2. The molecule has 1 aromatic heterocycles. The zero-order chi connectivity index (χ0) is 21.1. The average Bonchev–Trinajstić information content (AvgIpc) is 3.53. The van der Waals surface area contributed by atoms with Crippen LogP contribution in [0.15, 0.2) is 42.6 Å². The lowest BCUT2D eigenvalue weighted by Crippen LogP contribution is -2.40. The number of aromatic nitrogens is 1. The van der Waals surface area contributed by atoms with Gasteiger partial charge in [0, 0.05) is 37.8 Å². The van der Waals surface area contributed by atoms with Crippen LogP contribution in [0.4, 0.5) is 5.69 Å². The fraction of sp³-hybridized carbons (Fsp3) is 0.348. The third-order valence-corrected chi connectivity index (χ3v) is 5.00. The molecule has 0 spiro atoms. The van der Waals surface area contributed by atoms with E-state index >= 15 is 0 Å². The molecule has 0 bridgehead atoms.